The van der Waals surface area contributed by atoms with E-state index in [1.165, 1.54) is 28.4 Å². The van der Waals surface area contributed by atoms with Crippen LogP contribution in [0.1, 0.15) is 28.4 Å². The quantitative estimate of drug-likeness (QED) is 0.200. The summed E-state index contributed by atoms with van der Waals surface area (Å²) in [5, 5.41) is 9.31. The maximum Gasteiger partial charge on any atom is 0.356 e. The van der Waals surface area contributed by atoms with Crippen LogP contribution in [0.4, 0.5) is 0 Å². The summed E-state index contributed by atoms with van der Waals surface area (Å²) in [6, 6.07) is 27.8. The lowest BCUT2D eigenvalue weighted by molar-refractivity contribution is -0.154. The molecule has 1 saturated heterocycles. The average molecular weight is 597 g/mol. The summed E-state index contributed by atoms with van der Waals surface area (Å²) in [7, 11) is 0. The molecule has 4 aromatic rings. The molecule has 2 aliphatic rings. The molecule has 6 rings (SSSR count). The fourth-order valence-corrected chi connectivity index (χ4v) is 7.52. The zero-order valence-electron chi connectivity index (χ0n) is 22.5. The second-order valence-corrected chi connectivity index (χ2v) is 12.1. The molecular weight excluding hydrogens is 569 g/mol. The number of aromatic amines is 1. The summed E-state index contributed by atoms with van der Waals surface area (Å²) < 4.78 is 6.21. The van der Waals surface area contributed by atoms with Crippen molar-refractivity contribution in [3.05, 3.63) is 136 Å². The van der Waals surface area contributed by atoms with Crippen molar-refractivity contribution in [2.24, 2.45) is 0 Å². The number of amides is 2. The van der Waals surface area contributed by atoms with E-state index >= 15 is 0 Å². The van der Waals surface area contributed by atoms with Gasteiger partial charge in [0.05, 0.1) is 12.6 Å². The normalized spacial score (nSPS) is 17.9. The largest absolute Gasteiger partial charge is 0.448 e. The Labute approximate surface area is 251 Å². The highest BCUT2D eigenvalue weighted by Crippen LogP contribution is 2.45. The van der Waals surface area contributed by atoms with Crippen molar-refractivity contribution >= 4 is 41.3 Å². The van der Waals surface area contributed by atoms with Crippen LogP contribution in [0.15, 0.2) is 114 Å². The van der Waals surface area contributed by atoms with Crippen LogP contribution in [-0.4, -0.2) is 50.0 Å². The average Bonchev–Trinajstić information content (AvgIpc) is 3.56. The third-order valence-corrected chi connectivity index (χ3v) is 9.67. The molecule has 42 heavy (non-hydrogen) atoms. The van der Waals surface area contributed by atoms with E-state index in [1.807, 2.05) is 91.0 Å². The number of H-pyrrole nitrogens is 1. The number of β-lactam (4-membered cyclic amide) rings is 1. The van der Waals surface area contributed by atoms with Crippen LogP contribution in [0.5, 0.6) is 0 Å². The second-order valence-electron chi connectivity index (χ2n) is 9.89. The predicted molar refractivity (Wildman–Crippen MR) is 163 cm³/mol. The molecule has 0 unspecified atom stereocenters. The molecule has 0 radical (unpaired) electrons. The van der Waals surface area contributed by atoms with Gasteiger partial charge >= 0.3 is 5.97 Å². The molecule has 2 amide bonds. The number of esters is 1. The second kappa shape index (κ2) is 12.7. The van der Waals surface area contributed by atoms with Gasteiger partial charge in [-0.2, -0.15) is 5.10 Å². The molecule has 8 nitrogen and oxygen atoms in total. The predicted octanol–water partition coefficient (Wildman–Crippen LogP) is 4.83. The maximum absolute atomic E-state index is 14.0. The van der Waals surface area contributed by atoms with Gasteiger partial charge < -0.3 is 10.1 Å². The van der Waals surface area contributed by atoms with E-state index in [-0.39, 0.29) is 23.9 Å². The first kappa shape index (κ1) is 27.9. The molecule has 2 aliphatic heterocycles. The first-order valence-electron chi connectivity index (χ1n) is 13.5. The molecule has 1 fully saturated rings. The summed E-state index contributed by atoms with van der Waals surface area (Å²) in [5.74, 6) is -0.0452. The minimum atomic E-state index is -0.714. The Bertz CT molecular complexity index is 1540. The molecule has 0 aliphatic carbocycles. The molecule has 212 valence electrons. The van der Waals surface area contributed by atoms with Crippen LogP contribution >= 0.6 is 23.5 Å². The number of fused-ring (bicyclic) bond motifs is 1. The van der Waals surface area contributed by atoms with Crippen molar-refractivity contribution in [3.63, 3.8) is 0 Å². The van der Waals surface area contributed by atoms with Gasteiger partial charge in [-0.1, -0.05) is 91.0 Å². The Morgan fingerprint density at radius 2 is 1.62 bits per heavy atom. The lowest BCUT2D eigenvalue weighted by atomic mass is 10.0. The topological polar surface area (TPSA) is 104 Å². The van der Waals surface area contributed by atoms with Crippen molar-refractivity contribution in [2.45, 2.75) is 29.7 Å². The fourth-order valence-electron chi connectivity index (χ4n) is 4.97. The van der Waals surface area contributed by atoms with Gasteiger partial charge in [0.15, 0.2) is 6.10 Å². The molecular formula is C32H28N4O4S2. The molecule has 0 spiro atoms. The van der Waals surface area contributed by atoms with Crippen LogP contribution < -0.4 is 5.32 Å². The molecule has 0 bridgehead atoms. The van der Waals surface area contributed by atoms with E-state index in [1.54, 1.807) is 12.4 Å². The Morgan fingerprint density at radius 3 is 2.24 bits per heavy atom. The maximum atomic E-state index is 14.0. The number of thioether (sulfide) groups is 2. The number of hydrogen-bond donors (Lipinski definition) is 2. The van der Waals surface area contributed by atoms with E-state index in [0.29, 0.717) is 11.5 Å². The van der Waals surface area contributed by atoms with E-state index < -0.39 is 23.5 Å². The van der Waals surface area contributed by atoms with Crippen molar-refractivity contribution in [2.75, 3.05) is 5.75 Å². The summed E-state index contributed by atoms with van der Waals surface area (Å²) in [6.07, 6.45) is 3.06. The minimum absolute atomic E-state index is 0.175. The van der Waals surface area contributed by atoms with Crippen LogP contribution in [0.3, 0.4) is 0 Å². The lowest BCUT2D eigenvalue weighted by Gasteiger charge is -2.49. The van der Waals surface area contributed by atoms with Gasteiger partial charge in [-0.3, -0.25) is 19.6 Å². The lowest BCUT2D eigenvalue weighted by Crippen LogP contribution is -2.70. The number of carbonyl (C=O) groups is 3. The van der Waals surface area contributed by atoms with Crippen molar-refractivity contribution in [1.82, 2.24) is 20.4 Å². The molecule has 3 aromatic carbocycles. The fraction of sp³-hybridized carbons (Fsp3) is 0.188. The van der Waals surface area contributed by atoms with Crippen molar-refractivity contribution < 1.29 is 19.1 Å². The van der Waals surface area contributed by atoms with Crippen LogP contribution in [-0.2, 0) is 31.3 Å². The standard InChI is InChI=1S/C32H28N4O4S2/c37-26(16-21-10-4-1-5-11-21)35-27-30(38)36-28(25(20-42-31(27)36)41-19-22-17-33-34-18-22)32(39)40-29(23-12-6-2-7-13-23)24-14-8-3-9-15-24/h1-15,17-18,27,29,31H,16,19-20H2,(H,33,34)(H,35,37)/t27-,31-/m1/s1. The van der Waals surface area contributed by atoms with Crippen molar-refractivity contribution in [1.29, 1.82) is 0 Å². The molecule has 3 heterocycles. The Hall–Kier alpha value is -4.28. The number of ether oxygens (including phenoxy) is 1. The van der Waals surface area contributed by atoms with E-state index in [9.17, 15) is 14.4 Å². The zero-order chi connectivity index (χ0) is 28.9. The number of carbonyl (C=O) groups excluding carboxylic acids is 3. The van der Waals surface area contributed by atoms with Gasteiger partial charge in [0.1, 0.15) is 17.1 Å². The Balaban J connectivity index is 1.26. The molecule has 2 N–H and O–H groups in total. The smallest absolute Gasteiger partial charge is 0.356 e. The van der Waals surface area contributed by atoms with Crippen LogP contribution in [0.2, 0.25) is 0 Å². The SMILES string of the molecule is O=C(Cc1ccccc1)N[C@@H]1C(=O)N2C(C(=O)OC(c3ccccc3)c3ccccc3)=C(SCc3cn[nH]c3)CS[C@H]12. The van der Waals surface area contributed by atoms with Crippen LogP contribution in [0, 0.1) is 0 Å². The van der Waals surface area contributed by atoms with Gasteiger partial charge in [-0.25, -0.2) is 4.79 Å². The Kier molecular flexibility index (Phi) is 8.43. The summed E-state index contributed by atoms with van der Waals surface area (Å²) >= 11 is 3.02. The van der Waals surface area contributed by atoms with Crippen molar-refractivity contribution in [3.8, 4) is 0 Å². The summed E-state index contributed by atoms with van der Waals surface area (Å²) in [5.41, 5.74) is 3.73. The molecule has 2 atom stereocenters. The number of hydrogen-bond acceptors (Lipinski definition) is 7. The van der Waals surface area contributed by atoms with Crippen LogP contribution in [0.25, 0.3) is 0 Å². The molecule has 1 aromatic heterocycles. The van der Waals surface area contributed by atoms with E-state index in [4.69, 9.17) is 4.74 Å². The number of nitrogens with one attached hydrogen (secondary N) is 2. The molecule has 0 saturated carbocycles. The summed E-state index contributed by atoms with van der Waals surface area (Å²) in [4.78, 5) is 42.6. The third-order valence-electron chi connectivity index (χ3n) is 7.05. The van der Waals surface area contributed by atoms with Gasteiger partial charge in [-0.05, 0) is 16.7 Å². The van der Waals surface area contributed by atoms with E-state index in [2.05, 4.69) is 15.5 Å². The third kappa shape index (κ3) is 6.00. The van der Waals surface area contributed by atoms with Gasteiger partial charge in [0.25, 0.3) is 5.91 Å². The number of rotatable bonds is 10. The van der Waals surface area contributed by atoms with Gasteiger partial charge in [-0.15, -0.1) is 23.5 Å². The Morgan fingerprint density at radius 1 is 0.976 bits per heavy atom. The molecule has 10 heteroatoms. The number of benzene rings is 3. The monoisotopic (exact) mass is 596 g/mol. The minimum Gasteiger partial charge on any atom is -0.448 e. The number of nitrogens with zero attached hydrogens (tertiary/aromatic N) is 2. The highest BCUT2D eigenvalue weighted by atomic mass is 32.2. The van der Waals surface area contributed by atoms with Gasteiger partial charge in [0.2, 0.25) is 5.91 Å². The summed E-state index contributed by atoms with van der Waals surface area (Å²) in [6.45, 7) is 0. The van der Waals surface area contributed by atoms with E-state index in [0.717, 1.165) is 27.2 Å². The first-order valence-corrected chi connectivity index (χ1v) is 15.5. The zero-order valence-corrected chi connectivity index (χ0v) is 24.1. The van der Waals surface area contributed by atoms with Gasteiger partial charge in [0, 0.05) is 28.2 Å². The number of aromatic nitrogens is 2. The first-order chi connectivity index (χ1) is 20.6. The highest BCUT2D eigenvalue weighted by molar-refractivity contribution is 8.05. The highest BCUT2D eigenvalue weighted by Gasteiger charge is 2.54.